The lowest BCUT2D eigenvalue weighted by Crippen LogP contribution is -2.31. The molecule has 2 heterocycles. The molecule has 0 bridgehead atoms. The first-order valence-corrected chi connectivity index (χ1v) is 15.7. The largest absolute Gasteiger partial charge is 0.392 e. The van der Waals surface area contributed by atoms with Crippen LogP contribution in [-0.2, 0) is 22.6 Å². The summed E-state index contributed by atoms with van der Waals surface area (Å²) in [5, 5.41) is 12.5. The number of aliphatic hydroxyl groups is 1. The summed E-state index contributed by atoms with van der Waals surface area (Å²) in [5.41, 5.74) is 6.52. The Labute approximate surface area is 262 Å². The third-order valence-corrected chi connectivity index (χ3v) is 8.73. The Morgan fingerprint density at radius 1 is 0.818 bits per heavy atom. The zero-order valence-electron chi connectivity index (χ0n) is 24.2. The molecule has 0 spiro atoms. The Morgan fingerprint density at radius 3 is 2.39 bits per heavy atom. The van der Waals surface area contributed by atoms with Crippen molar-refractivity contribution in [3.63, 3.8) is 0 Å². The molecule has 2 N–H and O–H groups in total. The van der Waals surface area contributed by atoms with E-state index < -0.39 is 6.29 Å². The van der Waals surface area contributed by atoms with Crippen molar-refractivity contribution in [1.29, 1.82) is 0 Å². The Morgan fingerprint density at radius 2 is 1.61 bits per heavy atom. The lowest BCUT2D eigenvalue weighted by atomic mass is 9.99. The van der Waals surface area contributed by atoms with Gasteiger partial charge >= 0.3 is 0 Å². The Bertz CT molecular complexity index is 1660. The molecular weight excluding hydrogens is 568 g/mol. The zero-order valence-corrected chi connectivity index (χ0v) is 25.0. The second kappa shape index (κ2) is 14.5. The first kappa shape index (κ1) is 29.8. The molecule has 1 fully saturated rings. The van der Waals surface area contributed by atoms with Gasteiger partial charge in [0, 0.05) is 41.6 Å². The minimum Gasteiger partial charge on any atom is -0.392 e. The number of rotatable bonds is 10. The number of nitrogens with one attached hydrogen (secondary N) is 1. The number of pyridine rings is 1. The van der Waals surface area contributed by atoms with Crippen LogP contribution in [0.4, 0.5) is 0 Å². The second-order valence-electron chi connectivity index (χ2n) is 10.7. The van der Waals surface area contributed by atoms with Crippen LogP contribution in [0.15, 0.2) is 133 Å². The van der Waals surface area contributed by atoms with Crippen LogP contribution in [0.5, 0.6) is 0 Å². The van der Waals surface area contributed by atoms with E-state index >= 15 is 0 Å². The molecular formula is C37H34N2O4S. The van der Waals surface area contributed by atoms with E-state index in [1.54, 1.807) is 36.3 Å². The van der Waals surface area contributed by atoms with Gasteiger partial charge in [-0.15, -0.1) is 11.8 Å². The number of carbonyl (C=O) groups is 1. The van der Waals surface area contributed by atoms with Crippen LogP contribution in [0.2, 0.25) is 0 Å². The minimum absolute atomic E-state index is 0.0126. The van der Waals surface area contributed by atoms with E-state index in [-0.39, 0.29) is 24.7 Å². The number of aromatic nitrogens is 1. The standard InChI is InChI=1S/C37H34N2O4S/c40-24-26-14-16-28(17-15-26)35-21-33(25-44-34-12-2-1-3-13-34)42-37(43-35)31-10-5-9-30(20-31)29-8-4-7-27(19-29)22-39-36(41)32-11-6-18-38-23-32/h1-20,23,33,35,37,40H,21-22,24-25H2,(H,39,41)/t33-,35+,37+/m1/s1. The molecule has 1 saturated heterocycles. The van der Waals surface area contributed by atoms with E-state index in [9.17, 15) is 9.90 Å². The predicted molar refractivity (Wildman–Crippen MR) is 173 cm³/mol. The number of amides is 1. The monoisotopic (exact) mass is 602 g/mol. The molecule has 0 aliphatic carbocycles. The lowest BCUT2D eigenvalue weighted by molar-refractivity contribution is -0.245. The Hall–Kier alpha value is -4.27. The first-order chi connectivity index (χ1) is 21.6. The topological polar surface area (TPSA) is 80.7 Å². The number of hydrogen-bond acceptors (Lipinski definition) is 6. The molecule has 222 valence electrons. The van der Waals surface area contributed by atoms with Crippen molar-refractivity contribution in [2.24, 2.45) is 0 Å². The number of carbonyl (C=O) groups excluding carboxylic acids is 1. The van der Waals surface area contributed by atoms with Gasteiger partial charge in [-0.25, -0.2) is 0 Å². The van der Waals surface area contributed by atoms with Crippen molar-refractivity contribution in [3.8, 4) is 11.1 Å². The molecule has 1 aliphatic rings. The average Bonchev–Trinajstić information content (AvgIpc) is 3.10. The molecule has 1 amide bonds. The van der Waals surface area contributed by atoms with E-state index in [2.05, 4.69) is 58.8 Å². The summed E-state index contributed by atoms with van der Waals surface area (Å²) in [5.74, 6) is 0.652. The smallest absolute Gasteiger partial charge is 0.253 e. The zero-order chi connectivity index (χ0) is 30.1. The lowest BCUT2D eigenvalue weighted by Gasteiger charge is -2.36. The maximum Gasteiger partial charge on any atom is 0.253 e. The van der Waals surface area contributed by atoms with E-state index in [1.165, 1.54) is 4.90 Å². The second-order valence-corrected chi connectivity index (χ2v) is 11.8. The van der Waals surface area contributed by atoms with Crippen LogP contribution >= 0.6 is 11.8 Å². The molecule has 0 radical (unpaired) electrons. The van der Waals surface area contributed by atoms with Gasteiger partial charge in [-0.2, -0.15) is 0 Å². The van der Waals surface area contributed by atoms with Crippen molar-refractivity contribution in [2.75, 3.05) is 5.75 Å². The van der Waals surface area contributed by atoms with Crippen molar-refractivity contribution >= 4 is 17.7 Å². The molecule has 0 saturated carbocycles. The van der Waals surface area contributed by atoms with E-state index in [4.69, 9.17) is 9.47 Å². The number of ether oxygens (including phenoxy) is 2. The molecule has 0 unspecified atom stereocenters. The van der Waals surface area contributed by atoms with Crippen LogP contribution in [0.3, 0.4) is 0 Å². The maximum atomic E-state index is 12.5. The summed E-state index contributed by atoms with van der Waals surface area (Å²) < 4.78 is 13.2. The fraction of sp³-hybridized carbons (Fsp3) is 0.189. The fourth-order valence-electron chi connectivity index (χ4n) is 5.24. The molecule has 1 aliphatic heterocycles. The van der Waals surface area contributed by atoms with Crippen LogP contribution in [-0.4, -0.2) is 27.9 Å². The molecule has 6 nitrogen and oxygen atoms in total. The number of benzene rings is 4. The van der Waals surface area contributed by atoms with Gasteiger partial charge in [0.25, 0.3) is 5.91 Å². The SMILES string of the molecule is O=C(NCc1cccc(-c2cccc([C@H]3O[C@@H](CSc4ccccc4)C[C@@H](c4ccc(CO)cc4)O3)c2)c1)c1cccnc1. The third kappa shape index (κ3) is 7.62. The fourth-order valence-corrected chi connectivity index (χ4v) is 6.18. The van der Waals surface area contributed by atoms with Gasteiger partial charge in [0.15, 0.2) is 6.29 Å². The summed E-state index contributed by atoms with van der Waals surface area (Å²) in [6.45, 7) is 0.423. The van der Waals surface area contributed by atoms with Crippen LogP contribution in [0.1, 0.15) is 51.4 Å². The van der Waals surface area contributed by atoms with Crippen molar-refractivity contribution in [1.82, 2.24) is 10.3 Å². The van der Waals surface area contributed by atoms with Crippen molar-refractivity contribution in [2.45, 2.75) is 43.0 Å². The normalized spacial score (nSPS) is 18.1. The number of nitrogens with zero attached hydrogens (tertiary/aromatic N) is 1. The van der Waals surface area contributed by atoms with Gasteiger partial charge in [-0.05, 0) is 64.2 Å². The molecule has 1 aromatic heterocycles. The van der Waals surface area contributed by atoms with Gasteiger partial charge in [0.2, 0.25) is 0 Å². The van der Waals surface area contributed by atoms with Gasteiger partial charge < -0.3 is 19.9 Å². The van der Waals surface area contributed by atoms with E-state index in [0.717, 1.165) is 45.6 Å². The number of aliphatic hydroxyl groups excluding tert-OH is 1. The van der Waals surface area contributed by atoms with E-state index in [1.807, 2.05) is 54.6 Å². The molecule has 44 heavy (non-hydrogen) atoms. The predicted octanol–water partition coefficient (Wildman–Crippen LogP) is 7.51. The van der Waals surface area contributed by atoms with Gasteiger partial charge in [-0.3, -0.25) is 9.78 Å². The van der Waals surface area contributed by atoms with Crippen LogP contribution in [0.25, 0.3) is 11.1 Å². The average molecular weight is 603 g/mol. The van der Waals surface area contributed by atoms with Gasteiger partial charge in [-0.1, -0.05) is 78.9 Å². The molecule has 5 aromatic rings. The highest BCUT2D eigenvalue weighted by atomic mass is 32.2. The first-order valence-electron chi connectivity index (χ1n) is 14.7. The summed E-state index contributed by atoms with van der Waals surface area (Å²) in [7, 11) is 0. The quantitative estimate of drug-likeness (QED) is 0.161. The molecule has 4 aromatic carbocycles. The number of thioether (sulfide) groups is 1. The van der Waals surface area contributed by atoms with Crippen LogP contribution in [0, 0.1) is 0 Å². The highest BCUT2D eigenvalue weighted by Crippen LogP contribution is 2.40. The molecule has 7 heteroatoms. The van der Waals surface area contributed by atoms with Crippen molar-refractivity contribution < 1.29 is 19.4 Å². The van der Waals surface area contributed by atoms with Gasteiger partial charge in [0.1, 0.15) is 0 Å². The molecule has 6 rings (SSSR count). The molecule has 3 atom stereocenters. The summed E-state index contributed by atoms with van der Waals surface area (Å²) in [6.07, 6.45) is 3.26. The minimum atomic E-state index is -0.533. The summed E-state index contributed by atoms with van der Waals surface area (Å²) in [4.78, 5) is 17.8. The Balaban J connectivity index is 1.20. The highest BCUT2D eigenvalue weighted by molar-refractivity contribution is 7.99. The maximum absolute atomic E-state index is 12.5. The van der Waals surface area contributed by atoms with Crippen molar-refractivity contribution in [3.05, 3.63) is 155 Å². The van der Waals surface area contributed by atoms with Crippen LogP contribution < -0.4 is 5.32 Å². The third-order valence-electron chi connectivity index (χ3n) is 7.59. The van der Waals surface area contributed by atoms with Gasteiger partial charge in [0.05, 0.1) is 24.4 Å². The highest BCUT2D eigenvalue weighted by Gasteiger charge is 2.32. The number of hydrogen-bond donors (Lipinski definition) is 2. The van der Waals surface area contributed by atoms with E-state index in [0.29, 0.717) is 12.1 Å². The summed E-state index contributed by atoms with van der Waals surface area (Å²) in [6, 6.07) is 38.3. The summed E-state index contributed by atoms with van der Waals surface area (Å²) >= 11 is 1.79. The Kier molecular flexibility index (Phi) is 9.79.